The lowest BCUT2D eigenvalue weighted by Gasteiger charge is -2.32. The summed E-state index contributed by atoms with van der Waals surface area (Å²) in [7, 11) is 1.36. The molecule has 12 nitrogen and oxygen atoms in total. The number of amides is 2. The van der Waals surface area contributed by atoms with Gasteiger partial charge in [-0.25, -0.2) is 19.2 Å². The van der Waals surface area contributed by atoms with Gasteiger partial charge in [0.25, 0.3) is 0 Å². The topological polar surface area (TPSA) is 164 Å². The van der Waals surface area contributed by atoms with Crippen molar-refractivity contribution in [3.05, 3.63) is 34.7 Å². The van der Waals surface area contributed by atoms with Crippen LogP contribution in [-0.4, -0.2) is 62.7 Å². The maximum Gasteiger partial charge on any atom is 0.409 e. The Bertz CT molecular complexity index is 1460. The summed E-state index contributed by atoms with van der Waals surface area (Å²) >= 11 is 6.32. The van der Waals surface area contributed by atoms with Crippen molar-refractivity contribution in [3.63, 3.8) is 0 Å². The summed E-state index contributed by atoms with van der Waals surface area (Å²) in [4.78, 5) is 39.3. The molecule has 1 atom stereocenters. The molecular weight excluding hydrogens is 541 g/mol. The number of hydrogen-bond donors (Lipinski definition) is 3. The van der Waals surface area contributed by atoms with E-state index in [9.17, 15) is 14.0 Å². The highest BCUT2D eigenvalue weighted by Crippen LogP contribution is 2.38. The van der Waals surface area contributed by atoms with E-state index in [4.69, 9.17) is 32.3 Å². The Morgan fingerprint density at radius 3 is 2.67 bits per heavy atom. The number of nitrogens with two attached hydrogens (primary N) is 1. The fraction of sp³-hybridized carbons (Fsp3) is 0.462. The van der Waals surface area contributed by atoms with E-state index in [0.717, 1.165) is 18.9 Å². The Labute approximate surface area is 234 Å². The summed E-state index contributed by atoms with van der Waals surface area (Å²) in [5.74, 6) is -0.542. The zero-order valence-electron chi connectivity index (χ0n) is 21.9. The second kappa shape index (κ2) is 11.5. The van der Waals surface area contributed by atoms with E-state index in [2.05, 4.69) is 20.6 Å². The largest absolute Gasteiger partial charge is 0.453 e. The summed E-state index contributed by atoms with van der Waals surface area (Å²) in [5.41, 5.74) is 6.63. The van der Waals surface area contributed by atoms with Gasteiger partial charge in [0.05, 0.1) is 35.6 Å². The predicted molar refractivity (Wildman–Crippen MR) is 146 cm³/mol. The summed E-state index contributed by atoms with van der Waals surface area (Å²) in [6.07, 6.45) is 5.33. The second-order valence-electron chi connectivity index (χ2n) is 10.1. The van der Waals surface area contributed by atoms with Crippen molar-refractivity contribution in [2.24, 2.45) is 11.7 Å². The lowest BCUT2D eigenvalue weighted by molar-refractivity contribution is -0.122. The molecule has 1 saturated heterocycles. The van der Waals surface area contributed by atoms with Crippen LogP contribution in [0.15, 0.2) is 18.3 Å². The minimum atomic E-state index is -0.694. The van der Waals surface area contributed by atoms with Gasteiger partial charge in [-0.15, -0.1) is 0 Å². The highest BCUT2D eigenvalue weighted by atomic mass is 35.5. The predicted octanol–water partition coefficient (Wildman–Crippen LogP) is 4.09. The number of imidazole rings is 1. The smallest absolute Gasteiger partial charge is 0.409 e. The Balaban J connectivity index is 1.49. The van der Waals surface area contributed by atoms with Crippen molar-refractivity contribution in [3.8, 4) is 6.07 Å². The molecule has 3 aromatic rings. The third kappa shape index (κ3) is 5.58. The van der Waals surface area contributed by atoms with Crippen LogP contribution in [0.2, 0.25) is 5.02 Å². The number of rotatable bonds is 6. The van der Waals surface area contributed by atoms with E-state index in [1.165, 1.54) is 13.2 Å². The first kappa shape index (κ1) is 27.4. The standard InChI is InChI=1S/C26H29ClFN9O3/c1-40-26(39)36-8-2-3-16(13-36)32-24-31-12-20-23(35-24)37(17-6-4-15(5-7-17)22(30)38)25(33-20)34-21-18(27)9-14(11-29)10-19(21)28/h9-10,12,15-17H,2-8,13H2,1H3,(H2,30,38)(H,33,34)(H,31,32,35). The second-order valence-corrected chi connectivity index (χ2v) is 10.5. The number of likely N-dealkylation sites (tertiary alicyclic amines) is 1. The number of ether oxygens (including phenoxy) is 1. The maximum atomic E-state index is 14.9. The molecule has 1 aromatic carbocycles. The molecule has 2 aliphatic rings. The van der Waals surface area contributed by atoms with Gasteiger partial charge in [0.15, 0.2) is 5.65 Å². The molecule has 2 amide bonds. The molecule has 0 spiro atoms. The SMILES string of the molecule is COC(=O)N1CCCC(Nc2ncc3nc(Nc4c(F)cc(C#N)cc4Cl)n(C4CCC(C(N)=O)CC4)c3n2)C1. The van der Waals surface area contributed by atoms with Crippen LogP contribution in [0.1, 0.15) is 50.1 Å². The number of methoxy groups -OCH3 is 1. The molecule has 40 heavy (non-hydrogen) atoms. The molecule has 0 radical (unpaired) electrons. The minimum Gasteiger partial charge on any atom is -0.453 e. The first-order valence-corrected chi connectivity index (χ1v) is 13.4. The molecule has 14 heteroatoms. The molecule has 210 valence electrons. The number of carbonyl (C=O) groups is 2. The maximum absolute atomic E-state index is 14.9. The molecule has 0 bridgehead atoms. The van der Waals surface area contributed by atoms with Gasteiger partial charge in [-0.2, -0.15) is 10.2 Å². The summed E-state index contributed by atoms with van der Waals surface area (Å²) < 4.78 is 21.7. The van der Waals surface area contributed by atoms with Gasteiger partial charge in [0.1, 0.15) is 11.3 Å². The quantitative estimate of drug-likeness (QED) is 0.396. The molecule has 1 unspecified atom stereocenters. The first-order valence-electron chi connectivity index (χ1n) is 13.1. The Hall–Kier alpha value is -4.18. The molecule has 1 saturated carbocycles. The van der Waals surface area contributed by atoms with Crippen LogP contribution in [-0.2, 0) is 9.53 Å². The number of anilines is 3. The number of hydrogen-bond acceptors (Lipinski definition) is 9. The van der Waals surface area contributed by atoms with Crippen LogP contribution in [0, 0.1) is 23.1 Å². The van der Waals surface area contributed by atoms with Crippen molar-refractivity contribution in [2.45, 2.75) is 50.6 Å². The number of nitrogens with zero attached hydrogens (tertiary/aromatic N) is 6. The Kier molecular flexibility index (Phi) is 7.88. The Morgan fingerprint density at radius 2 is 2.00 bits per heavy atom. The average molecular weight is 570 g/mol. The van der Waals surface area contributed by atoms with E-state index >= 15 is 0 Å². The third-order valence-electron chi connectivity index (χ3n) is 7.49. The van der Waals surface area contributed by atoms with Crippen molar-refractivity contribution in [1.29, 1.82) is 5.26 Å². The van der Waals surface area contributed by atoms with Crippen LogP contribution in [0.4, 0.5) is 26.8 Å². The average Bonchev–Trinajstić information content (AvgIpc) is 3.31. The first-order chi connectivity index (χ1) is 19.3. The van der Waals surface area contributed by atoms with Gasteiger partial charge in [-0.1, -0.05) is 11.6 Å². The van der Waals surface area contributed by atoms with Crippen LogP contribution < -0.4 is 16.4 Å². The van der Waals surface area contributed by atoms with Gasteiger partial charge in [-0.3, -0.25) is 9.36 Å². The molecule has 5 rings (SSSR count). The number of carbonyl (C=O) groups excluding carboxylic acids is 2. The number of fused-ring (bicyclic) bond motifs is 1. The van der Waals surface area contributed by atoms with Gasteiger partial charge >= 0.3 is 6.09 Å². The third-order valence-corrected chi connectivity index (χ3v) is 7.79. The molecular formula is C26H29ClFN9O3. The van der Waals surface area contributed by atoms with Crippen LogP contribution in [0.5, 0.6) is 0 Å². The van der Waals surface area contributed by atoms with E-state index in [0.29, 0.717) is 61.8 Å². The molecule has 2 fully saturated rings. The zero-order valence-corrected chi connectivity index (χ0v) is 22.6. The van der Waals surface area contributed by atoms with Gasteiger partial charge < -0.3 is 26.0 Å². The zero-order chi connectivity index (χ0) is 28.4. The summed E-state index contributed by atoms with van der Waals surface area (Å²) in [6, 6.07) is 4.19. The number of halogens is 2. The van der Waals surface area contributed by atoms with E-state index < -0.39 is 5.82 Å². The highest BCUT2D eigenvalue weighted by molar-refractivity contribution is 6.33. The molecule has 1 aliphatic carbocycles. The molecule has 1 aliphatic heterocycles. The number of aromatic nitrogens is 4. The number of nitrogens with one attached hydrogen (secondary N) is 2. The van der Waals surface area contributed by atoms with Crippen LogP contribution in [0.3, 0.4) is 0 Å². The fourth-order valence-corrected chi connectivity index (χ4v) is 5.71. The molecule has 2 aromatic heterocycles. The van der Waals surface area contributed by atoms with E-state index in [1.807, 2.05) is 10.6 Å². The van der Waals surface area contributed by atoms with Gasteiger partial charge in [-0.05, 0) is 50.7 Å². The number of nitriles is 1. The Morgan fingerprint density at radius 1 is 1.23 bits per heavy atom. The monoisotopic (exact) mass is 569 g/mol. The fourth-order valence-electron chi connectivity index (χ4n) is 5.45. The molecule has 3 heterocycles. The number of benzene rings is 1. The number of piperidine rings is 1. The van der Waals surface area contributed by atoms with Crippen LogP contribution in [0.25, 0.3) is 11.2 Å². The van der Waals surface area contributed by atoms with Gasteiger partial charge in [0.2, 0.25) is 17.8 Å². The van der Waals surface area contributed by atoms with Crippen molar-refractivity contribution in [2.75, 3.05) is 30.8 Å². The van der Waals surface area contributed by atoms with Crippen molar-refractivity contribution >= 4 is 52.3 Å². The summed E-state index contributed by atoms with van der Waals surface area (Å²) in [6.45, 7) is 1.07. The van der Waals surface area contributed by atoms with E-state index in [1.54, 1.807) is 11.1 Å². The lowest BCUT2D eigenvalue weighted by atomic mass is 9.85. The van der Waals surface area contributed by atoms with Crippen LogP contribution >= 0.6 is 11.6 Å². The van der Waals surface area contributed by atoms with Gasteiger partial charge in [0, 0.05) is 31.1 Å². The van der Waals surface area contributed by atoms with Crippen molar-refractivity contribution in [1.82, 2.24) is 24.4 Å². The lowest BCUT2D eigenvalue weighted by Crippen LogP contribution is -2.45. The highest BCUT2D eigenvalue weighted by Gasteiger charge is 2.30. The molecule has 4 N–H and O–H groups in total. The number of primary amides is 1. The minimum absolute atomic E-state index is 0.0144. The van der Waals surface area contributed by atoms with E-state index in [-0.39, 0.29) is 46.3 Å². The summed E-state index contributed by atoms with van der Waals surface area (Å²) in [5, 5.41) is 15.5. The normalized spacial score (nSPS) is 21.1. The van der Waals surface area contributed by atoms with Crippen molar-refractivity contribution < 1.29 is 18.7 Å².